The minimum Gasteiger partial charge on any atom is -0.352 e. The number of carbonyl (C=O) groups excluding carboxylic acids is 1. The summed E-state index contributed by atoms with van der Waals surface area (Å²) in [5, 5.41) is 2.85. The maximum absolute atomic E-state index is 13.5. The summed E-state index contributed by atoms with van der Waals surface area (Å²) in [4.78, 5) is 12.0. The van der Waals surface area contributed by atoms with E-state index in [0.717, 1.165) is 5.56 Å². The van der Waals surface area contributed by atoms with Crippen LogP contribution in [-0.2, 0) is 17.6 Å². The van der Waals surface area contributed by atoms with Gasteiger partial charge >= 0.3 is 0 Å². The molecule has 2 aromatic carbocycles. The summed E-state index contributed by atoms with van der Waals surface area (Å²) >= 11 is 5.91. The van der Waals surface area contributed by atoms with Gasteiger partial charge in [-0.3, -0.25) is 4.79 Å². The number of carbonyl (C=O) groups is 1. The highest BCUT2D eigenvalue weighted by Gasteiger charge is 2.13. The second kappa shape index (κ2) is 7.79. The Hall–Kier alpha value is -1.87. The van der Waals surface area contributed by atoms with Crippen LogP contribution in [0.2, 0.25) is 0 Å². The van der Waals surface area contributed by atoms with Crippen molar-refractivity contribution in [2.45, 2.75) is 18.9 Å². The molecule has 0 saturated heterocycles. The zero-order valence-electron chi connectivity index (χ0n) is 11.6. The van der Waals surface area contributed by atoms with Crippen molar-refractivity contribution in [2.75, 3.05) is 5.88 Å². The molecule has 0 aliphatic rings. The zero-order valence-corrected chi connectivity index (χ0v) is 12.3. The molecule has 0 radical (unpaired) electrons. The lowest BCUT2D eigenvalue weighted by Gasteiger charge is -2.16. The van der Waals surface area contributed by atoms with Gasteiger partial charge in [0.15, 0.2) is 0 Å². The first kappa shape index (κ1) is 15.5. The second-order valence-corrected chi connectivity index (χ2v) is 5.19. The van der Waals surface area contributed by atoms with Crippen molar-refractivity contribution in [3.05, 3.63) is 71.5 Å². The van der Waals surface area contributed by atoms with Crippen LogP contribution in [0, 0.1) is 5.82 Å². The Morgan fingerprint density at radius 1 is 1.10 bits per heavy atom. The highest BCUT2D eigenvalue weighted by atomic mass is 35.5. The molecule has 0 aliphatic carbocycles. The van der Waals surface area contributed by atoms with Crippen molar-refractivity contribution in [1.82, 2.24) is 5.32 Å². The molecule has 4 heteroatoms. The Labute approximate surface area is 128 Å². The molecule has 0 spiro atoms. The van der Waals surface area contributed by atoms with E-state index in [9.17, 15) is 9.18 Å². The van der Waals surface area contributed by atoms with Crippen LogP contribution in [0.15, 0.2) is 54.6 Å². The van der Waals surface area contributed by atoms with Gasteiger partial charge in [0.05, 0.1) is 6.42 Å². The molecule has 0 aliphatic heterocycles. The molecule has 0 fully saturated rings. The summed E-state index contributed by atoms with van der Waals surface area (Å²) in [6.07, 6.45) is 0.683. The number of benzene rings is 2. The van der Waals surface area contributed by atoms with E-state index >= 15 is 0 Å². The maximum atomic E-state index is 13.5. The van der Waals surface area contributed by atoms with Crippen molar-refractivity contribution in [3.63, 3.8) is 0 Å². The molecule has 0 heterocycles. The molecule has 1 amide bonds. The van der Waals surface area contributed by atoms with Crippen LogP contribution in [0.3, 0.4) is 0 Å². The summed E-state index contributed by atoms with van der Waals surface area (Å²) in [5.41, 5.74) is 1.50. The van der Waals surface area contributed by atoms with Crippen molar-refractivity contribution < 1.29 is 9.18 Å². The number of halogens is 2. The van der Waals surface area contributed by atoms with Crippen molar-refractivity contribution in [1.29, 1.82) is 0 Å². The fourth-order valence-corrected chi connectivity index (χ4v) is 2.32. The highest BCUT2D eigenvalue weighted by molar-refractivity contribution is 6.18. The fourth-order valence-electron chi connectivity index (χ4n) is 2.14. The van der Waals surface area contributed by atoms with E-state index in [0.29, 0.717) is 17.9 Å². The lowest BCUT2D eigenvalue weighted by atomic mass is 10.1. The van der Waals surface area contributed by atoms with E-state index in [1.807, 2.05) is 30.3 Å². The van der Waals surface area contributed by atoms with E-state index in [1.165, 1.54) is 6.07 Å². The van der Waals surface area contributed by atoms with Crippen LogP contribution in [0.1, 0.15) is 11.1 Å². The number of rotatable bonds is 6. The van der Waals surface area contributed by atoms with E-state index in [-0.39, 0.29) is 24.2 Å². The van der Waals surface area contributed by atoms with E-state index < -0.39 is 0 Å². The lowest BCUT2D eigenvalue weighted by Crippen LogP contribution is -2.38. The standard InChI is InChI=1S/C17H17ClFNO/c18-12-15(10-13-6-2-1-3-7-13)20-17(21)11-14-8-4-5-9-16(14)19/h1-9,15H,10-12H2,(H,20,21). The topological polar surface area (TPSA) is 29.1 Å². The Morgan fingerprint density at radius 2 is 1.76 bits per heavy atom. The highest BCUT2D eigenvalue weighted by Crippen LogP contribution is 2.08. The van der Waals surface area contributed by atoms with E-state index in [4.69, 9.17) is 11.6 Å². The predicted octanol–water partition coefficient (Wildman–Crippen LogP) is 3.33. The number of alkyl halides is 1. The van der Waals surface area contributed by atoms with E-state index in [2.05, 4.69) is 5.32 Å². The molecule has 0 aromatic heterocycles. The monoisotopic (exact) mass is 305 g/mol. The Morgan fingerprint density at radius 3 is 2.43 bits per heavy atom. The van der Waals surface area contributed by atoms with Crippen molar-refractivity contribution >= 4 is 17.5 Å². The number of nitrogens with one attached hydrogen (secondary N) is 1. The van der Waals surface area contributed by atoms with Gasteiger partial charge in [-0.05, 0) is 23.6 Å². The summed E-state index contributed by atoms with van der Waals surface area (Å²) in [6.45, 7) is 0. The van der Waals surface area contributed by atoms with E-state index in [1.54, 1.807) is 18.2 Å². The van der Waals surface area contributed by atoms with Gasteiger partial charge < -0.3 is 5.32 Å². The minimum absolute atomic E-state index is 0.0227. The van der Waals surface area contributed by atoms with Gasteiger partial charge in [0.2, 0.25) is 5.91 Å². The van der Waals surface area contributed by atoms with Gasteiger partial charge in [-0.15, -0.1) is 11.6 Å². The predicted molar refractivity (Wildman–Crippen MR) is 82.9 cm³/mol. The largest absolute Gasteiger partial charge is 0.352 e. The molecule has 0 bridgehead atoms. The number of amides is 1. The van der Waals surface area contributed by atoms with Crippen LogP contribution < -0.4 is 5.32 Å². The average molecular weight is 306 g/mol. The van der Waals surface area contributed by atoms with Gasteiger partial charge in [0.25, 0.3) is 0 Å². The average Bonchev–Trinajstić information content (AvgIpc) is 2.50. The molecule has 21 heavy (non-hydrogen) atoms. The third-order valence-corrected chi connectivity index (χ3v) is 3.56. The fraction of sp³-hybridized carbons (Fsp3) is 0.235. The first-order valence-corrected chi connectivity index (χ1v) is 7.35. The number of hydrogen-bond donors (Lipinski definition) is 1. The SMILES string of the molecule is O=C(Cc1ccccc1F)NC(CCl)Cc1ccccc1. The molecule has 1 atom stereocenters. The quantitative estimate of drug-likeness (QED) is 0.815. The summed E-state index contributed by atoms with van der Waals surface area (Å²) in [7, 11) is 0. The summed E-state index contributed by atoms with van der Waals surface area (Å²) in [5.74, 6) is -0.266. The normalized spacial score (nSPS) is 11.9. The van der Waals surface area contributed by atoms with Crippen molar-refractivity contribution in [2.24, 2.45) is 0 Å². The van der Waals surface area contributed by atoms with Crippen LogP contribution >= 0.6 is 11.6 Å². The third kappa shape index (κ3) is 4.87. The molecule has 2 aromatic rings. The molecule has 1 unspecified atom stereocenters. The Bertz CT molecular complexity index is 588. The molecule has 2 rings (SSSR count). The first-order valence-electron chi connectivity index (χ1n) is 6.81. The minimum atomic E-state index is -0.363. The Kier molecular flexibility index (Phi) is 5.76. The molecule has 2 nitrogen and oxygen atoms in total. The van der Waals surface area contributed by atoms with Gasteiger partial charge in [0, 0.05) is 11.9 Å². The molecule has 0 saturated carbocycles. The van der Waals surface area contributed by atoms with Crippen LogP contribution in [0.5, 0.6) is 0 Å². The van der Waals surface area contributed by atoms with Gasteiger partial charge in [-0.2, -0.15) is 0 Å². The molecule has 110 valence electrons. The second-order valence-electron chi connectivity index (χ2n) is 4.88. The molecular weight excluding hydrogens is 289 g/mol. The smallest absolute Gasteiger partial charge is 0.224 e. The molecule has 1 N–H and O–H groups in total. The van der Waals surface area contributed by atoms with Crippen LogP contribution in [0.25, 0.3) is 0 Å². The van der Waals surface area contributed by atoms with Gasteiger partial charge in [-0.1, -0.05) is 48.5 Å². The van der Waals surface area contributed by atoms with Crippen LogP contribution in [-0.4, -0.2) is 17.8 Å². The number of hydrogen-bond acceptors (Lipinski definition) is 1. The maximum Gasteiger partial charge on any atom is 0.224 e. The summed E-state index contributed by atoms with van der Waals surface area (Å²) in [6, 6.07) is 15.9. The van der Waals surface area contributed by atoms with Gasteiger partial charge in [-0.25, -0.2) is 4.39 Å². The van der Waals surface area contributed by atoms with Gasteiger partial charge in [0.1, 0.15) is 5.82 Å². The molecular formula is C17H17ClFNO. The lowest BCUT2D eigenvalue weighted by molar-refractivity contribution is -0.121. The zero-order chi connectivity index (χ0) is 15.1. The Balaban J connectivity index is 1.92. The van der Waals surface area contributed by atoms with Crippen molar-refractivity contribution in [3.8, 4) is 0 Å². The van der Waals surface area contributed by atoms with Crippen LogP contribution in [0.4, 0.5) is 4.39 Å². The first-order chi connectivity index (χ1) is 10.2. The third-order valence-electron chi connectivity index (χ3n) is 3.19. The summed E-state index contributed by atoms with van der Waals surface area (Å²) < 4.78 is 13.5.